The summed E-state index contributed by atoms with van der Waals surface area (Å²) in [5, 5.41) is 9.26. The van der Waals surface area contributed by atoms with Crippen molar-refractivity contribution in [3.63, 3.8) is 0 Å². The van der Waals surface area contributed by atoms with Crippen LogP contribution in [-0.2, 0) is 9.47 Å². The molecular formula is C13H15ClN2O4. The Hall–Kier alpha value is -1.37. The van der Waals surface area contributed by atoms with Crippen LogP contribution < -0.4 is 4.90 Å². The molecule has 0 unspecified atom stereocenters. The molecule has 2 aliphatic rings. The molecule has 6 nitrogen and oxygen atoms in total. The molecule has 108 valence electrons. The zero-order valence-electron chi connectivity index (χ0n) is 10.8. The first-order chi connectivity index (χ1) is 9.60. The number of carboxylic acids is 1. The molecule has 7 heteroatoms. The van der Waals surface area contributed by atoms with E-state index < -0.39 is 11.8 Å². The van der Waals surface area contributed by atoms with Gasteiger partial charge in [-0.1, -0.05) is 11.6 Å². The second-order valence-corrected chi connectivity index (χ2v) is 5.37. The highest BCUT2D eigenvalue weighted by Crippen LogP contribution is 2.34. The molecule has 2 fully saturated rings. The van der Waals surface area contributed by atoms with Gasteiger partial charge in [-0.05, 0) is 12.5 Å². The van der Waals surface area contributed by atoms with Crippen molar-refractivity contribution in [3.8, 4) is 0 Å². The van der Waals surface area contributed by atoms with Crippen molar-refractivity contribution < 1.29 is 19.4 Å². The largest absolute Gasteiger partial charge is 0.478 e. The zero-order chi connectivity index (χ0) is 14.2. The van der Waals surface area contributed by atoms with Gasteiger partial charge in [0.05, 0.1) is 30.3 Å². The molecule has 0 aromatic carbocycles. The number of nitrogens with zero attached hydrogens (tertiary/aromatic N) is 2. The van der Waals surface area contributed by atoms with E-state index in [0.717, 1.165) is 19.4 Å². The Bertz CT molecular complexity index is 531. The van der Waals surface area contributed by atoms with Crippen LogP contribution in [0.2, 0.25) is 5.02 Å². The van der Waals surface area contributed by atoms with Gasteiger partial charge in [-0.3, -0.25) is 0 Å². The number of aromatic carboxylic acids is 1. The van der Waals surface area contributed by atoms with Gasteiger partial charge < -0.3 is 19.5 Å². The number of hydrogen-bond donors (Lipinski definition) is 1. The van der Waals surface area contributed by atoms with Crippen molar-refractivity contribution in [2.24, 2.45) is 0 Å². The lowest BCUT2D eigenvalue weighted by atomic mass is 10.0. The first-order valence-electron chi connectivity index (χ1n) is 6.51. The molecule has 0 radical (unpaired) electrons. The van der Waals surface area contributed by atoms with E-state index in [4.69, 9.17) is 26.2 Å². The normalized spacial score (nSPS) is 21.4. The minimum atomic E-state index is -1.04. The third-order valence-corrected chi connectivity index (χ3v) is 3.88. The Balaban J connectivity index is 1.83. The van der Waals surface area contributed by atoms with Crippen LogP contribution in [0.25, 0.3) is 0 Å². The SMILES string of the molecule is O=C(O)c1cnc(N2CCCC3(C2)OCCO3)c(Cl)c1. The van der Waals surface area contributed by atoms with Crippen molar-refractivity contribution in [1.29, 1.82) is 0 Å². The van der Waals surface area contributed by atoms with Crippen LogP contribution in [0.4, 0.5) is 5.82 Å². The molecule has 0 atom stereocenters. The molecule has 1 N–H and O–H groups in total. The summed E-state index contributed by atoms with van der Waals surface area (Å²) in [6.07, 6.45) is 3.09. The number of anilines is 1. The molecule has 2 aliphatic heterocycles. The maximum absolute atomic E-state index is 10.9. The maximum atomic E-state index is 10.9. The molecule has 1 aromatic rings. The average molecular weight is 299 g/mol. The summed E-state index contributed by atoms with van der Waals surface area (Å²) in [5.74, 6) is -1.02. The Morgan fingerprint density at radius 2 is 2.20 bits per heavy atom. The Kier molecular flexibility index (Phi) is 3.54. The van der Waals surface area contributed by atoms with Gasteiger partial charge in [0.15, 0.2) is 5.79 Å². The summed E-state index contributed by atoms with van der Waals surface area (Å²) in [4.78, 5) is 17.1. The van der Waals surface area contributed by atoms with Gasteiger partial charge in [-0.15, -0.1) is 0 Å². The van der Waals surface area contributed by atoms with Crippen molar-refractivity contribution in [1.82, 2.24) is 4.98 Å². The van der Waals surface area contributed by atoms with Gasteiger partial charge in [0.1, 0.15) is 5.82 Å². The smallest absolute Gasteiger partial charge is 0.337 e. The van der Waals surface area contributed by atoms with Crippen molar-refractivity contribution in [2.45, 2.75) is 18.6 Å². The molecule has 3 heterocycles. The molecule has 20 heavy (non-hydrogen) atoms. The highest BCUT2D eigenvalue weighted by atomic mass is 35.5. The lowest BCUT2D eigenvalue weighted by Crippen LogP contribution is -2.49. The van der Waals surface area contributed by atoms with E-state index in [1.54, 1.807) is 0 Å². The van der Waals surface area contributed by atoms with E-state index in [1.807, 2.05) is 4.90 Å². The van der Waals surface area contributed by atoms with Gasteiger partial charge in [0, 0.05) is 19.2 Å². The quantitative estimate of drug-likeness (QED) is 0.897. The standard InChI is InChI=1S/C13H15ClN2O4/c14-10-6-9(12(17)18)7-15-11(10)16-3-1-2-13(8-16)19-4-5-20-13/h6-7H,1-5,8H2,(H,17,18). The van der Waals surface area contributed by atoms with Crippen molar-refractivity contribution >= 4 is 23.4 Å². The first-order valence-corrected chi connectivity index (χ1v) is 6.89. The predicted octanol–water partition coefficient (Wildman–Crippen LogP) is 1.78. The van der Waals surface area contributed by atoms with Crippen LogP contribution >= 0.6 is 11.6 Å². The minimum absolute atomic E-state index is 0.0823. The molecule has 0 bridgehead atoms. The van der Waals surface area contributed by atoms with Crippen LogP contribution in [-0.4, -0.2) is 48.2 Å². The number of rotatable bonds is 2. The van der Waals surface area contributed by atoms with Crippen LogP contribution in [0.3, 0.4) is 0 Å². The molecule has 0 amide bonds. The monoisotopic (exact) mass is 298 g/mol. The number of aromatic nitrogens is 1. The summed E-state index contributed by atoms with van der Waals surface area (Å²) in [7, 11) is 0. The van der Waals surface area contributed by atoms with Gasteiger partial charge in [-0.2, -0.15) is 0 Å². The van der Waals surface area contributed by atoms with Gasteiger partial charge in [0.2, 0.25) is 0 Å². The van der Waals surface area contributed by atoms with Crippen LogP contribution in [0.5, 0.6) is 0 Å². The van der Waals surface area contributed by atoms with Crippen LogP contribution in [0.15, 0.2) is 12.3 Å². The lowest BCUT2D eigenvalue weighted by Gasteiger charge is -2.39. The minimum Gasteiger partial charge on any atom is -0.478 e. The van der Waals surface area contributed by atoms with Crippen molar-refractivity contribution in [2.75, 3.05) is 31.2 Å². The molecule has 1 aromatic heterocycles. The van der Waals surface area contributed by atoms with Crippen molar-refractivity contribution in [3.05, 3.63) is 22.8 Å². The van der Waals surface area contributed by atoms with Crippen LogP contribution in [0, 0.1) is 0 Å². The summed E-state index contributed by atoms with van der Waals surface area (Å²) in [6.45, 7) is 2.57. The second-order valence-electron chi connectivity index (χ2n) is 4.97. The first kappa shape index (κ1) is 13.6. The number of ether oxygens (including phenoxy) is 2. The third kappa shape index (κ3) is 2.46. The summed E-state index contributed by atoms with van der Waals surface area (Å²) in [5.41, 5.74) is 0.0823. The summed E-state index contributed by atoms with van der Waals surface area (Å²) >= 11 is 6.15. The Labute approximate surface area is 121 Å². The molecule has 3 rings (SSSR count). The van der Waals surface area contributed by atoms with E-state index in [-0.39, 0.29) is 5.56 Å². The highest BCUT2D eigenvalue weighted by molar-refractivity contribution is 6.33. The van der Waals surface area contributed by atoms with Gasteiger partial charge >= 0.3 is 5.97 Å². The summed E-state index contributed by atoms with van der Waals surface area (Å²) < 4.78 is 11.4. The topological polar surface area (TPSA) is 71.9 Å². The number of carboxylic acid groups (broad SMARTS) is 1. The molecule has 1 spiro atoms. The molecule has 0 aliphatic carbocycles. The fraction of sp³-hybridized carbons (Fsp3) is 0.538. The zero-order valence-corrected chi connectivity index (χ0v) is 11.6. The van der Waals surface area contributed by atoms with Gasteiger partial charge in [-0.25, -0.2) is 9.78 Å². The van der Waals surface area contributed by atoms with E-state index in [1.165, 1.54) is 12.3 Å². The van der Waals surface area contributed by atoms with E-state index >= 15 is 0 Å². The molecular weight excluding hydrogens is 284 g/mol. The number of hydrogen-bond acceptors (Lipinski definition) is 5. The number of halogens is 1. The van der Waals surface area contributed by atoms with Crippen LogP contribution in [0.1, 0.15) is 23.2 Å². The maximum Gasteiger partial charge on any atom is 0.337 e. The molecule has 0 saturated carbocycles. The second kappa shape index (κ2) is 5.20. The van der Waals surface area contributed by atoms with E-state index in [0.29, 0.717) is 30.6 Å². The number of piperidine rings is 1. The fourth-order valence-corrected chi connectivity index (χ4v) is 2.97. The average Bonchev–Trinajstić information content (AvgIpc) is 2.86. The van der Waals surface area contributed by atoms with E-state index in [2.05, 4.69) is 4.98 Å². The highest BCUT2D eigenvalue weighted by Gasteiger charge is 2.41. The molecule has 2 saturated heterocycles. The Morgan fingerprint density at radius 1 is 1.45 bits per heavy atom. The predicted molar refractivity (Wildman–Crippen MR) is 72.3 cm³/mol. The third-order valence-electron chi connectivity index (χ3n) is 3.60. The summed E-state index contributed by atoms with van der Waals surface area (Å²) in [6, 6.07) is 1.42. The fourth-order valence-electron chi connectivity index (χ4n) is 2.68. The van der Waals surface area contributed by atoms with E-state index in [9.17, 15) is 4.79 Å². The number of pyridine rings is 1. The van der Waals surface area contributed by atoms with Gasteiger partial charge in [0.25, 0.3) is 0 Å². The Morgan fingerprint density at radius 3 is 2.85 bits per heavy atom. The number of carbonyl (C=O) groups is 1. The lowest BCUT2D eigenvalue weighted by molar-refractivity contribution is -0.161.